The van der Waals surface area contributed by atoms with Gasteiger partial charge in [0, 0.05) is 24.2 Å². The van der Waals surface area contributed by atoms with E-state index in [2.05, 4.69) is 0 Å². The predicted molar refractivity (Wildman–Crippen MR) is 142 cm³/mol. The number of hydrogen-bond acceptors (Lipinski definition) is 6. The largest absolute Gasteiger partial charge is 0.489 e. The van der Waals surface area contributed by atoms with E-state index in [0.717, 1.165) is 31.5 Å². The van der Waals surface area contributed by atoms with Crippen LogP contribution >= 0.6 is 24.8 Å². The maximum absolute atomic E-state index is 12.4. The van der Waals surface area contributed by atoms with Crippen molar-refractivity contribution < 1.29 is 19.0 Å². The summed E-state index contributed by atoms with van der Waals surface area (Å²) in [5.74, 6) is 1.32. The third-order valence-electron chi connectivity index (χ3n) is 5.22. The number of nitrogen functional groups attached to an aromatic ring is 1. The molecule has 1 fully saturated rings. The quantitative estimate of drug-likeness (QED) is 0.182. The molecule has 0 spiro atoms. The first-order valence-corrected chi connectivity index (χ1v) is 11.2. The summed E-state index contributed by atoms with van der Waals surface area (Å²) < 4.78 is 16.9. The third-order valence-corrected chi connectivity index (χ3v) is 5.22. The Balaban J connectivity index is 0.00000306. The summed E-state index contributed by atoms with van der Waals surface area (Å²) in [5.41, 5.74) is 7.32. The van der Waals surface area contributed by atoms with Crippen molar-refractivity contribution in [1.82, 2.24) is 4.90 Å². The summed E-state index contributed by atoms with van der Waals surface area (Å²) in [4.78, 5) is 14.4. The Bertz CT molecular complexity index is 993. The zero-order chi connectivity index (χ0) is 23.8. The lowest BCUT2D eigenvalue weighted by Crippen LogP contribution is -2.27. The zero-order valence-corrected chi connectivity index (χ0v) is 21.7. The highest BCUT2D eigenvalue weighted by Gasteiger charge is 2.17. The predicted octanol–water partition coefficient (Wildman–Crippen LogP) is 4.51. The molecule has 0 unspecified atom stereocenters. The van der Waals surface area contributed by atoms with Gasteiger partial charge in [-0.1, -0.05) is 26.0 Å². The lowest BCUT2D eigenvalue weighted by Gasteiger charge is -2.18. The minimum absolute atomic E-state index is 0. The number of likely N-dealkylation sites (tertiary alicyclic amines) is 1. The van der Waals surface area contributed by atoms with Crippen LogP contribution in [0.5, 0.6) is 11.5 Å². The Labute approximate surface area is 219 Å². The Morgan fingerprint density at radius 2 is 1.51 bits per heavy atom. The van der Waals surface area contributed by atoms with E-state index in [1.54, 1.807) is 42.5 Å². The molecule has 0 amide bonds. The van der Waals surface area contributed by atoms with Gasteiger partial charge in [0.1, 0.15) is 24.9 Å². The third kappa shape index (κ3) is 8.64. The molecule has 1 saturated heterocycles. The van der Waals surface area contributed by atoms with Crippen molar-refractivity contribution in [2.45, 2.75) is 26.7 Å². The molecule has 2 aromatic carbocycles. The van der Waals surface area contributed by atoms with Crippen LogP contribution in [0.4, 0.5) is 0 Å². The molecule has 1 heterocycles. The minimum atomic E-state index is -0.452. The van der Waals surface area contributed by atoms with Gasteiger partial charge in [-0.3, -0.25) is 10.8 Å². The van der Waals surface area contributed by atoms with E-state index in [1.807, 2.05) is 18.7 Å². The molecular formula is C25H34Cl2N4O4. The van der Waals surface area contributed by atoms with Gasteiger partial charge >= 0.3 is 5.97 Å². The molecule has 0 aliphatic carbocycles. The van der Waals surface area contributed by atoms with E-state index in [-0.39, 0.29) is 43.9 Å². The number of ether oxygens (including phenoxy) is 3. The number of nitrogens with one attached hydrogen (secondary N) is 2. The Morgan fingerprint density at radius 3 is 2.11 bits per heavy atom. The molecule has 1 aliphatic heterocycles. The van der Waals surface area contributed by atoms with Gasteiger partial charge in [0.2, 0.25) is 0 Å². The molecular weight excluding hydrogens is 491 g/mol. The molecule has 4 N–H and O–H groups in total. The van der Waals surface area contributed by atoms with Crippen molar-refractivity contribution >= 4 is 42.5 Å². The molecule has 0 radical (unpaired) electrons. The average molecular weight is 525 g/mol. The second-order valence-corrected chi connectivity index (χ2v) is 8.38. The van der Waals surface area contributed by atoms with Crippen LogP contribution in [0.25, 0.3) is 0 Å². The van der Waals surface area contributed by atoms with Gasteiger partial charge in [0.05, 0.1) is 12.2 Å². The SMILES string of the molecule is CC(C)COc1ccc(C(=N)N)cc1OCCOC(=O)c1ccc(C(=N)N2CCCC2)cc1.Cl.Cl. The molecule has 0 saturated carbocycles. The average Bonchev–Trinajstić information content (AvgIpc) is 3.35. The summed E-state index contributed by atoms with van der Waals surface area (Å²) in [5, 5.41) is 15.9. The fourth-order valence-corrected chi connectivity index (χ4v) is 3.42. The summed E-state index contributed by atoms with van der Waals surface area (Å²) in [6, 6.07) is 12.0. The maximum Gasteiger partial charge on any atom is 0.338 e. The Kier molecular flexibility index (Phi) is 12.4. The van der Waals surface area contributed by atoms with Crippen LogP contribution in [0, 0.1) is 16.7 Å². The molecule has 0 atom stereocenters. The number of rotatable bonds is 10. The Hall–Kier alpha value is -2.97. The van der Waals surface area contributed by atoms with Crippen LogP contribution in [-0.4, -0.2) is 55.5 Å². The first-order valence-electron chi connectivity index (χ1n) is 11.2. The number of esters is 1. The fourth-order valence-electron chi connectivity index (χ4n) is 3.42. The molecule has 1 aliphatic rings. The molecule has 3 rings (SSSR count). The lowest BCUT2D eigenvalue weighted by molar-refractivity contribution is 0.0448. The number of carbonyl (C=O) groups excluding carboxylic acids is 1. The Morgan fingerprint density at radius 1 is 0.914 bits per heavy atom. The molecule has 0 bridgehead atoms. The van der Waals surface area contributed by atoms with Crippen LogP contribution in [0.2, 0.25) is 0 Å². The van der Waals surface area contributed by atoms with Gasteiger partial charge in [-0.05, 0) is 49.1 Å². The van der Waals surface area contributed by atoms with Crippen molar-refractivity contribution in [1.29, 1.82) is 10.8 Å². The van der Waals surface area contributed by atoms with Gasteiger partial charge in [-0.25, -0.2) is 4.79 Å². The van der Waals surface area contributed by atoms with E-state index in [0.29, 0.717) is 41.0 Å². The van der Waals surface area contributed by atoms with Crippen LogP contribution in [0.3, 0.4) is 0 Å². The lowest BCUT2D eigenvalue weighted by atomic mass is 10.1. The minimum Gasteiger partial charge on any atom is -0.489 e. The van der Waals surface area contributed by atoms with Gasteiger partial charge in [0.15, 0.2) is 11.5 Å². The number of amidine groups is 2. The maximum atomic E-state index is 12.4. The van der Waals surface area contributed by atoms with Crippen LogP contribution < -0.4 is 15.2 Å². The molecule has 0 aromatic heterocycles. The molecule has 35 heavy (non-hydrogen) atoms. The van der Waals surface area contributed by atoms with Gasteiger partial charge in [-0.15, -0.1) is 24.8 Å². The van der Waals surface area contributed by atoms with E-state index < -0.39 is 5.97 Å². The molecule has 192 valence electrons. The van der Waals surface area contributed by atoms with Crippen molar-refractivity contribution in [2.75, 3.05) is 32.9 Å². The van der Waals surface area contributed by atoms with Crippen LogP contribution in [0.1, 0.15) is 48.2 Å². The van der Waals surface area contributed by atoms with Crippen molar-refractivity contribution in [2.24, 2.45) is 11.7 Å². The first kappa shape index (κ1) is 30.1. The van der Waals surface area contributed by atoms with Crippen LogP contribution in [0.15, 0.2) is 42.5 Å². The molecule has 2 aromatic rings. The molecule has 8 nitrogen and oxygen atoms in total. The standard InChI is InChI=1S/C25H32N4O4.2ClH/c1-17(2)16-33-21-10-9-20(23(26)27)15-22(21)31-13-14-32-25(30)19-7-5-18(6-8-19)24(28)29-11-3-4-12-29;;/h5-10,15,17,28H,3-4,11-14,16H2,1-2H3,(H3,26,27);2*1H. The summed E-state index contributed by atoms with van der Waals surface area (Å²) in [7, 11) is 0. The van der Waals surface area contributed by atoms with Crippen molar-refractivity contribution in [3.05, 3.63) is 59.2 Å². The van der Waals surface area contributed by atoms with Crippen molar-refractivity contribution in [3.63, 3.8) is 0 Å². The van der Waals surface area contributed by atoms with Gasteiger partial charge in [-0.2, -0.15) is 0 Å². The van der Waals surface area contributed by atoms with E-state index in [9.17, 15) is 4.79 Å². The number of benzene rings is 2. The molecule has 10 heteroatoms. The normalized spacial score (nSPS) is 12.4. The first-order chi connectivity index (χ1) is 15.8. The highest BCUT2D eigenvalue weighted by atomic mass is 35.5. The van der Waals surface area contributed by atoms with Crippen molar-refractivity contribution in [3.8, 4) is 11.5 Å². The summed E-state index contributed by atoms with van der Waals surface area (Å²) in [6.07, 6.45) is 2.22. The monoisotopic (exact) mass is 524 g/mol. The van der Waals surface area contributed by atoms with E-state index in [4.69, 9.17) is 30.8 Å². The number of nitrogens with two attached hydrogens (primary N) is 1. The number of carbonyl (C=O) groups is 1. The van der Waals surface area contributed by atoms with E-state index in [1.165, 1.54) is 0 Å². The number of halogens is 2. The van der Waals surface area contributed by atoms with Crippen LogP contribution in [-0.2, 0) is 4.74 Å². The second-order valence-electron chi connectivity index (χ2n) is 8.38. The fraction of sp³-hybridized carbons (Fsp3) is 0.400. The summed E-state index contributed by atoms with van der Waals surface area (Å²) in [6.45, 7) is 6.61. The number of nitrogens with zero attached hydrogens (tertiary/aromatic N) is 1. The van der Waals surface area contributed by atoms with Gasteiger partial charge in [0.25, 0.3) is 0 Å². The topological polar surface area (TPSA) is 122 Å². The summed E-state index contributed by atoms with van der Waals surface area (Å²) >= 11 is 0. The smallest absolute Gasteiger partial charge is 0.338 e. The highest BCUT2D eigenvalue weighted by molar-refractivity contribution is 5.98. The number of hydrogen-bond donors (Lipinski definition) is 3. The highest BCUT2D eigenvalue weighted by Crippen LogP contribution is 2.29. The van der Waals surface area contributed by atoms with E-state index >= 15 is 0 Å². The second kappa shape index (κ2) is 14.4. The van der Waals surface area contributed by atoms with Gasteiger partial charge < -0.3 is 24.8 Å². The zero-order valence-electron chi connectivity index (χ0n) is 20.0.